The minimum Gasteiger partial charge on any atom is -0.466 e. The van der Waals surface area contributed by atoms with Crippen molar-refractivity contribution in [2.45, 2.75) is 71.4 Å². The summed E-state index contributed by atoms with van der Waals surface area (Å²) < 4.78 is 7.62. The van der Waals surface area contributed by atoms with Gasteiger partial charge in [0.05, 0.1) is 34.2 Å². The van der Waals surface area contributed by atoms with Gasteiger partial charge in [-0.1, -0.05) is 61.4 Å². The number of hydrogen-bond donors (Lipinski definition) is 0. The number of ether oxygens (including phenoxy) is 1. The van der Waals surface area contributed by atoms with E-state index in [1.165, 1.54) is 18.2 Å². The van der Waals surface area contributed by atoms with Crippen LogP contribution in [0.2, 0.25) is 0 Å². The van der Waals surface area contributed by atoms with E-state index in [4.69, 9.17) is 17.0 Å². The van der Waals surface area contributed by atoms with Crippen LogP contribution in [0, 0.1) is 5.92 Å². The molecular weight excluding hydrogens is 518 g/mol. The molecule has 0 spiro atoms. The molecule has 2 aromatic rings. The summed E-state index contributed by atoms with van der Waals surface area (Å²) in [7, 11) is 0. The smallest absolute Gasteiger partial charge is 0.309 e. The molecule has 1 aromatic carbocycles. The summed E-state index contributed by atoms with van der Waals surface area (Å²) in [6, 6.07) is 8.08. The number of aryl methyl sites for hydroxylation is 1. The van der Waals surface area contributed by atoms with E-state index in [1.807, 2.05) is 38.1 Å². The molecule has 2 aliphatic heterocycles. The van der Waals surface area contributed by atoms with Crippen molar-refractivity contribution >= 4 is 62.8 Å². The van der Waals surface area contributed by atoms with Gasteiger partial charge >= 0.3 is 5.97 Å². The van der Waals surface area contributed by atoms with Crippen molar-refractivity contribution in [3.8, 4) is 0 Å². The number of carbonyl (C=O) groups excluding carboxylic acids is 2. The van der Waals surface area contributed by atoms with Gasteiger partial charge in [-0.3, -0.25) is 19.3 Å². The fourth-order valence-electron chi connectivity index (χ4n) is 6.06. The van der Waals surface area contributed by atoms with E-state index in [2.05, 4.69) is 4.90 Å². The SMILES string of the molecule is CCOC(=O)C1CCN(c2c(C=C3SC(=S)N(C4CCCCC4)C3=O)c(=O)n(CC)c3ccccc23)CC1. The Kier molecular flexibility index (Phi) is 8.23. The van der Waals surface area contributed by atoms with E-state index in [1.54, 1.807) is 15.5 Å². The van der Waals surface area contributed by atoms with Gasteiger partial charge in [-0.05, 0) is 51.7 Å². The van der Waals surface area contributed by atoms with Crippen LogP contribution in [0.5, 0.6) is 0 Å². The lowest BCUT2D eigenvalue weighted by Gasteiger charge is -2.34. The number of aromatic nitrogens is 1. The van der Waals surface area contributed by atoms with Gasteiger partial charge in [-0.25, -0.2) is 0 Å². The minimum absolute atomic E-state index is 0.0884. The average Bonchev–Trinajstić information content (AvgIpc) is 3.22. The first kappa shape index (κ1) is 26.9. The Labute approximate surface area is 233 Å². The third-order valence-electron chi connectivity index (χ3n) is 7.97. The van der Waals surface area contributed by atoms with Crippen molar-refractivity contribution in [3.05, 3.63) is 45.1 Å². The van der Waals surface area contributed by atoms with E-state index in [9.17, 15) is 14.4 Å². The second kappa shape index (κ2) is 11.6. The number of nitrogens with zero attached hydrogens (tertiary/aromatic N) is 3. The molecule has 0 atom stereocenters. The molecule has 2 saturated heterocycles. The molecule has 1 saturated carbocycles. The minimum atomic E-state index is -0.148. The maximum Gasteiger partial charge on any atom is 0.309 e. The highest BCUT2D eigenvalue weighted by Crippen LogP contribution is 2.39. The summed E-state index contributed by atoms with van der Waals surface area (Å²) in [6.07, 6.45) is 8.45. The van der Waals surface area contributed by atoms with Gasteiger partial charge in [0.2, 0.25) is 0 Å². The Morgan fingerprint density at radius 2 is 1.79 bits per heavy atom. The van der Waals surface area contributed by atoms with Crippen molar-refractivity contribution in [1.82, 2.24) is 9.47 Å². The predicted molar refractivity (Wildman–Crippen MR) is 157 cm³/mol. The number of esters is 1. The number of rotatable bonds is 6. The predicted octanol–water partition coefficient (Wildman–Crippen LogP) is 5.33. The van der Waals surface area contributed by atoms with E-state index in [0.717, 1.165) is 42.3 Å². The number of piperidine rings is 1. The molecule has 3 fully saturated rings. The van der Waals surface area contributed by atoms with E-state index in [-0.39, 0.29) is 29.4 Å². The number of pyridine rings is 1. The zero-order chi connectivity index (χ0) is 26.8. The average molecular weight is 554 g/mol. The lowest BCUT2D eigenvalue weighted by molar-refractivity contribution is -0.148. The molecular formula is C29H35N3O4S2. The van der Waals surface area contributed by atoms with Gasteiger partial charge in [-0.2, -0.15) is 0 Å². The number of thiocarbonyl (C=S) groups is 1. The summed E-state index contributed by atoms with van der Waals surface area (Å²) in [5.41, 5.74) is 2.11. The normalized spacial score (nSPS) is 20.6. The van der Waals surface area contributed by atoms with Crippen LogP contribution >= 0.6 is 24.0 Å². The second-order valence-corrected chi connectivity index (χ2v) is 11.9. The molecule has 5 rings (SSSR count). The molecule has 7 nitrogen and oxygen atoms in total. The number of anilines is 1. The van der Waals surface area contributed by atoms with Crippen LogP contribution in [-0.4, -0.2) is 51.4 Å². The Bertz CT molecular complexity index is 1340. The topological polar surface area (TPSA) is 71.8 Å². The second-order valence-electron chi connectivity index (χ2n) is 10.2. The lowest BCUT2D eigenvalue weighted by Crippen LogP contribution is -2.40. The van der Waals surface area contributed by atoms with Crippen molar-refractivity contribution in [1.29, 1.82) is 0 Å². The lowest BCUT2D eigenvalue weighted by atomic mass is 9.94. The van der Waals surface area contributed by atoms with Crippen molar-refractivity contribution < 1.29 is 14.3 Å². The monoisotopic (exact) mass is 553 g/mol. The molecule has 1 aromatic heterocycles. The molecule has 0 bridgehead atoms. The third-order valence-corrected chi connectivity index (χ3v) is 9.30. The van der Waals surface area contributed by atoms with Crippen molar-refractivity contribution in [2.24, 2.45) is 5.92 Å². The summed E-state index contributed by atoms with van der Waals surface area (Å²) in [5.74, 6) is -0.372. The Morgan fingerprint density at radius 3 is 2.47 bits per heavy atom. The first-order valence-corrected chi connectivity index (χ1v) is 15.0. The number of thioether (sulfide) groups is 1. The molecule has 202 valence electrons. The molecule has 1 amide bonds. The molecule has 0 radical (unpaired) electrons. The number of amides is 1. The number of carbonyl (C=O) groups is 2. The number of fused-ring (bicyclic) bond motifs is 1. The van der Waals surface area contributed by atoms with Crippen LogP contribution in [-0.2, 0) is 20.9 Å². The maximum atomic E-state index is 13.9. The highest BCUT2D eigenvalue weighted by atomic mass is 32.2. The molecule has 38 heavy (non-hydrogen) atoms. The highest BCUT2D eigenvalue weighted by Gasteiger charge is 2.38. The van der Waals surface area contributed by atoms with E-state index >= 15 is 0 Å². The Hall–Kier alpha value is -2.65. The van der Waals surface area contributed by atoms with Crippen molar-refractivity contribution in [2.75, 3.05) is 24.6 Å². The largest absolute Gasteiger partial charge is 0.466 e. The first-order valence-electron chi connectivity index (χ1n) is 13.8. The maximum absolute atomic E-state index is 13.9. The van der Waals surface area contributed by atoms with Crippen LogP contribution in [0.1, 0.15) is 64.4 Å². The number of benzene rings is 1. The van der Waals surface area contributed by atoms with Gasteiger partial charge in [0, 0.05) is 31.1 Å². The van der Waals surface area contributed by atoms with Crippen LogP contribution in [0.15, 0.2) is 34.0 Å². The number of hydrogen-bond acceptors (Lipinski definition) is 7. The van der Waals surface area contributed by atoms with E-state index in [0.29, 0.717) is 53.9 Å². The quantitative estimate of drug-likeness (QED) is 0.272. The Balaban J connectivity index is 1.57. The van der Waals surface area contributed by atoms with Crippen LogP contribution in [0.4, 0.5) is 5.69 Å². The molecule has 9 heteroatoms. The third kappa shape index (κ3) is 5.02. The van der Waals surface area contributed by atoms with Crippen LogP contribution < -0.4 is 10.5 Å². The number of para-hydroxylation sites is 1. The highest BCUT2D eigenvalue weighted by molar-refractivity contribution is 8.26. The molecule has 3 heterocycles. The van der Waals surface area contributed by atoms with Gasteiger partial charge < -0.3 is 14.2 Å². The van der Waals surface area contributed by atoms with Crippen LogP contribution in [0.25, 0.3) is 17.0 Å². The van der Waals surface area contributed by atoms with Gasteiger partial charge in [-0.15, -0.1) is 0 Å². The molecule has 0 N–H and O–H groups in total. The van der Waals surface area contributed by atoms with E-state index < -0.39 is 0 Å². The summed E-state index contributed by atoms with van der Waals surface area (Å²) in [4.78, 5) is 44.4. The molecule has 0 unspecified atom stereocenters. The Morgan fingerprint density at radius 1 is 1.08 bits per heavy atom. The molecule has 1 aliphatic carbocycles. The van der Waals surface area contributed by atoms with Gasteiger partial charge in [0.15, 0.2) is 0 Å². The first-order chi connectivity index (χ1) is 18.4. The molecule has 3 aliphatic rings. The van der Waals surface area contributed by atoms with Gasteiger partial charge in [0.1, 0.15) is 4.32 Å². The fraction of sp³-hybridized carbons (Fsp3) is 0.517. The van der Waals surface area contributed by atoms with Crippen molar-refractivity contribution in [3.63, 3.8) is 0 Å². The summed E-state index contributed by atoms with van der Waals surface area (Å²) in [5, 5.41) is 0.970. The van der Waals surface area contributed by atoms with Crippen LogP contribution in [0.3, 0.4) is 0 Å². The standard InChI is InChI=1S/C29H35N3O4S2/c1-3-31-23-13-9-8-12-21(23)25(30-16-14-19(15-17-30)28(35)36-4-2)22(26(31)33)18-24-27(34)32(29(37)38-24)20-10-6-5-7-11-20/h8-9,12-13,18-20H,3-7,10-11,14-17H2,1-2H3. The summed E-state index contributed by atoms with van der Waals surface area (Å²) >= 11 is 6.96. The zero-order valence-corrected chi connectivity index (χ0v) is 23.7. The van der Waals surface area contributed by atoms with Gasteiger partial charge in [0.25, 0.3) is 11.5 Å². The fourth-order valence-corrected chi connectivity index (χ4v) is 7.44. The summed E-state index contributed by atoms with van der Waals surface area (Å²) in [6.45, 7) is 5.95. The zero-order valence-electron chi connectivity index (χ0n) is 22.1.